The topological polar surface area (TPSA) is 95.9 Å². The van der Waals surface area contributed by atoms with Crippen molar-refractivity contribution in [1.29, 1.82) is 0 Å². The van der Waals surface area contributed by atoms with Crippen molar-refractivity contribution in [3.63, 3.8) is 0 Å². The second kappa shape index (κ2) is 69.1. The average molecular weight is 1110 g/mol. The summed E-state index contributed by atoms with van der Waals surface area (Å²) in [5, 5.41) is 23.4. The third kappa shape index (κ3) is 65.6. The Bertz CT molecular complexity index is 1190. The molecule has 2 unspecified atom stereocenters. The lowest BCUT2D eigenvalue weighted by molar-refractivity contribution is -0.143. The molecule has 79 heavy (non-hydrogen) atoms. The SMILES string of the molecule is CCCCCC/C=C\CCCCCCCC(=O)OCCCCCCCCCCCCCCCCCCCCCCCCCCCCCCC(=O)NC(CO)C(O)CCCCCCCCCCCCCCCCCCCCCCC. The minimum atomic E-state index is -0.662. The van der Waals surface area contributed by atoms with E-state index in [4.69, 9.17) is 4.74 Å². The molecule has 470 valence electrons. The Morgan fingerprint density at radius 3 is 0.911 bits per heavy atom. The van der Waals surface area contributed by atoms with Gasteiger partial charge in [0.1, 0.15) is 0 Å². The minimum absolute atomic E-state index is 0.0106. The van der Waals surface area contributed by atoms with Crippen molar-refractivity contribution in [2.45, 2.75) is 431 Å². The van der Waals surface area contributed by atoms with Gasteiger partial charge >= 0.3 is 5.97 Å². The molecule has 6 nitrogen and oxygen atoms in total. The normalized spacial score (nSPS) is 12.5. The molecule has 0 saturated carbocycles. The number of carbonyl (C=O) groups is 2. The van der Waals surface area contributed by atoms with Crippen molar-refractivity contribution in [3.05, 3.63) is 12.2 Å². The van der Waals surface area contributed by atoms with E-state index in [1.165, 1.54) is 340 Å². The van der Waals surface area contributed by atoms with Crippen LogP contribution < -0.4 is 5.32 Å². The van der Waals surface area contributed by atoms with E-state index >= 15 is 0 Å². The van der Waals surface area contributed by atoms with Gasteiger partial charge in [0.25, 0.3) is 0 Å². The van der Waals surface area contributed by atoms with Gasteiger partial charge in [0.2, 0.25) is 5.91 Å². The number of aliphatic hydroxyl groups is 2. The zero-order chi connectivity index (χ0) is 57.1. The number of ether oxygens (including phenoxy) is 1. The molecule has 0 aliphatic carbocycles. The maximum Gasteiger partial charge on any atom is 0.305 e. The number of hydrogen-bond donors (Lipinski definition) is 3. The third-order valence-electron chi connectivity index (χ3n) is 17.3. The summed E-state index contributed by atoms with van der Waals surface area (Å²) in [5.74, 6) is -0.0161. The van der Waals surface area contributed by atoms with Crippen LogP contribution in [0.15, 0.2) is 12.2 Å². The van der Waals surface area contributed by atoms with E-state index in [-0.39, 0.29) is 18.5 Å². The molecule has 0 bridgehead atoms. The highest BCUT2D eigenvalue weighted by molar-refractivity contribution is 5.76. The van der Waals surface area contributed by atoms with Crippen molar-refractivity contribution in [2.24, 2.45) is 0 Å². The molecule has 0 spiro atoms. The van der Waals surface area contributed by atoms with E-state index in [2.05, 4.69) is 31.3 Å². The Labute approximate surface area is 495 Å². The second-order valence-electron chi connectivity index (χ2n) is 25.3. The Hall–Kier alpha value is -1.40. The Balaban J connectivity index is 3.34. The predicted molar refractivity (Wildman–Crippen MR) is 347 cm³/mol. The molecule has 0 rings (SSSR count). The first-order valence-corrected chi connectivity index (χ1v) is 36.4. The summed E-state index contributed by atoms with van der Waals surface area (Å²) in [7, 11) is 0. The number of unbranched alkanes of at least 4 members (excludes halogenated alkanes) is 56. The lowest BCUT2D eigenvalue weighted by Gasteiger charge is -2.22. The van der Waals surface area contributed by atoms with Gasteiger partial charge < -0.3 is 20.3 Å². The molecular formula is C73H143NO5. The molecule has 0 saturated heterocycles. The van der Waals surface area contributed by atoms with Crippen LogP contribution in [-0.4, -0.2) is 47.4 Å². The fourth-order valence-corrected chi connectivity index (χ4v) is 11.8. The zero-order valence-electron chi connectivity index (χ0n) is 53.9. The number of rotatable bonds is 69. The molecule has 0 aliphatic rings. The smallest absolute Gasteiger partial charge is 0.305 e. The van der Waals surface area contributed by atoms with E-state index in [0.717, 1.165) is 44.9 Å². The van der Waals surface area contributed by atoms with E-state index in [0.29, 0.717) is 25.9 Å². The molecule has 0 aromatic heterocycles. The van der Waals surface area contributed by atoms with Crippen molar-refractivity contribution in [1.82, 2.24) is 5.32 Å². The van der Waals surface area contributed by atoms with Gasteiger partial charge in [-0.3, -0.25) is 9.59 Å². The van der Waals surface area contributed by atoms with Crippen LogP contribution in [0.25, 0.3) is 0 Å². The molecule has 0 aliphatic heterocycles. The summed E-state index contributed by atoms with van der Waals surface area (Å²) in [6.07, 6.45) is 85.6. The van der Waals surface area contributed by atoms with Crippen LogP contribution in [-0.2, 0) is 14.3 Å². The Kier molecular flexibility index (Phi) is 67.9. The van der Waals surface area contributed by atoms with Gasteiger partial charge in [-0.1, -0.05) is 366 Å². The number of carbonyl (C=O) groups excluding carboxylic acids is 2. The molecular weight excluding hydrogens is 971 g/mol. The van der Waals surface area contributed by atoms with Crippen LogP contribution in [0.2, 0.25) is 0 Å². The first-order valence-electron chi connectivity index (χ1n) is 36.4. The number of nitrogens with one attached hydrogen (secondary N) is 1. The van der Waals surface area contributed by atoms with E-state index in [1.807, 2.05) is 0 Å². The molecule has 0 heterocycles. The van der Waals surface area contributed by atoms with Gasteiger partial charge in [-0.05, 0) is 51.4 Å². The largest absolute Gasteiger partial charge is 0.466 e. The fraction of sp³-hybridized carbons (Fsp3) is 0.945. The predicted octanol–water partition coefficient (Wildman–Crippen LogP) is 23.5. The number of hydrogen-bond acceptors (Lipinski definition) is 5. The highest BCUT2D eigenvalue weighted by atomic mass is 16.5. The molecule has 0 aromatic carbocycles. The van der Waals surface area contributed by atoms with E-state index in [1.54, 1.807) is 0 Å². The van der Waals surface area contributed by atoms with Crippen LogP contribution in [0.4, 0.5) is 0 Å². The van der Waals surface area contributed by atoms with Gasteiger partial charge in [0.05, 0.1) is 25.4 Å². The lowest BCUT2D eigenvalue weighted by atomic mass is 10.0. The van der Waals surface area contributed by atoms with Gasteiger partial charge in [-0.2, -0.15) is 0 Å². The van der Waals surface area contributed by atoms with Crippen LogP contribution >= 0.6 is 0 Å². The van der Waals surface area contributed by atoms with Crippen LogP contribution in [0.1, 0.15) is 418 Å². The van der Waals surface area contributed by atoms with Gasteiger partial charge in [-0.25, -0.2) is 0 Å². The highest BCUT2D eigenvalue weighted by Crippen LogP contribution is 2.20. The summed E-state index contributed by atoms with van der Waals surface area (Å²) in [6.45, 7) is 4.98. The number of allylic oxidation sites excluding steroid dienone is 2. The minimum Gasteiger partial charge on any atom is -0.466 e. The average Bonchev–Trinajstić information content (AvgIpc) is 3.45. The molecule has 0 radical (unpaired) electrons. The Morgan fingerprint density at radius 2 is 0.595 bits per heavy atom. The molecule has 1 amide bonds. The second-order valence-corrected chi connectivity index (χ2v) is 25.3. The first kappa shape index (κ1) is 77.6. The standard InChI is InChI=1S/C73H143NO5/c1-3-5-7-9-11-13-15-17-18-19-20-29-32-35-38-42-45-49-53-57-61-65-71(76)70(69-75)74-72(77)66-62-58-54-50-46-43-39-36-33-30-27-25-23-21-22-24-26-28-31-34-37-40-44-48-52-56-60-64-68-79-73(78)67-63-59-55-51-47-41-16-14-12-10-8-6-4-2/h14,16,70-71,75-76H,3-13,15,17-69H2,1-2H3,(H,74,77)/b16-14-. The van der Waals surface area contributed by atoms with E-state index in [9.17, 15) is 19.8 Å². The van der Waals surface area contributed by atoms with Crippen molar-refractivity contribution < 1.29 is 24.5 Å². The van der Waals surface area contributed by atoms with Crippen molar-refractivity contribution in [2.75, 3.05) is 13.2 Å². The zero-order valence-corrected chi connectivity index (χ0v) is 53.9. The molecule has 3 N–H and O–H groups in total. The summed E-state index contributed by atoms with van der Waals surface area (Å²) >= 11 is 0. The van der Waals surface area contributed by atoms with E-state index < -0.39 is 12.1 Å². The van der Waals surface area contributed by atoms with Crippen LogP contribution in [0.5, 0.6) is 0 Å². The van der Waals surface area contributed by atoms with Crippen LogP contribution in [0, 0.1) is 0 Å². The fourth-order valence-electron chi connectivity index (χ4n) is 11.8. The molecule has 0 fully saturated rings. The quantitative estimate of drug-likeness (QED) is 0.0320. The Morgan fingerprint density at radius 1 is 0.342 bits per heavy atom. The molecule has 2 atom stereocenters. The number of aliphatic hydroxyl groups excluding tert-OH is 2. The highest BCUT2D eigenvalue weighted by Gasteiger charge is 2.20. The molecule has 0 aromatic rings. The monoisotopic (exact) mass is 1110 g/mol. The summed E-state index contributed by atoms with van der Waals surface area (Å²) in [6, 6.07) is -0.539. The number of esters is 1. The van der Waals surface area contributed by atoms with Gasteiger partial charge in [0.15, 0.2) is 0 Å². The third-order valence-corrected chi connectivity index (χ3v) is 17.3. The lowest BCUT2D eigenvalue weighted by Crippen LogP contribution is -2.45. The van der Waals surface area contributed by atoms with Gasteiger partial charge in [0, 0.05) is 12.8 Å². The van der Waals surface area contributed by atoms with Gasteiger partial charge in [-0.15, -0.1) is 0 Å². The first-order chi connectivity index (χ1) is 39.0. The van der Waals surface area contributed by atoms with Crippen molar-refractivity contribution in [3.8, 4) is 0 Å². The molecule has 6 heteroatoms. The van der Waals surface area contributed by atoms with Crippen LogP contribution in [0.3, 0.4) is 0 Å². The summed E-state index contributed by atoms with van der Waals surface area (Å²) in [5.41, 5.74) is 0. The maximum atomic E-state index is 12.6. The summed E-state index contributed by atoms with van der Waals surface area (Å²) < 4.78 is 5.48. The number of amides is 1. The van der Waals surface area contributed by atoms with Crippen molar-refractivity contribution >= 4 is 11.9 Å². The maximum absolute atomic E-state index is 12.6. The summed E-state index contributed by atoms with van der Waals surface area (Å²) in [4.78, 5) is 24.6.